The maximum Gasteiger partial charge on any atom is 0.312 e. The lowest BCUT2D eigenvalue weighted by Gasteiger charge is -2.17. The van der Waals surface area contributed by atoms with Crippen LogP contribution in [0.2, 0.25) is 0 Å². The average Bonchev–Trinajstić information content (AvgIpc) is 2.29. The van der Waals surface area contributed by atoms with Crippen LogP contribution in [0.1, 0.15) is 33.3 Å². The summed E-state index contributed by atoms with van der Waals surface area (Å²) in [5.74, 6) is 5.03. The molecule has 0 aliphatic rings. The number of pyridine rings is 1. The number of aromatic nitrogens is 1. The van der Waals surface area contributed by atoms with Crippen molar-refractivity contribution in [1.82, 2.24) is 4.57 Å². The summed E-state index contributed by atoms with van der Waals surface area (Å²) < 4.78 is 6.41. The molecule has 0 aromatic carbocycles. The minimum absolute atomic E-state index is 0.0891. The highest BCUT2D eigenvalue weighted by molar-refractivity contribution is 5.75. The van der Waals surface area contributed by atoms with Crippen molar-refractivity contribution in [2.45, 2.75) is 34.4 Å². The van der Waals surface area contributed by atoms with Gasteiger partial charge >= 0.3 is 5.97 Å². The zero-order valence-corrected chi connectivity index (χ0v) is 11.1. The standard InChI is InChI=1S/C14H17NO3/c1-5-7-11-8-6-9-15(12(11)16)10-18-13(17)14(2,3)4/h6,8-9H,10H2,1-4H3. The van der Waals surface area contributed by atoms with E-state index >= 15 is 0 Å². The topological polar surface area (TPSA) is 48.3 Å². The molecule has 96 valence electrons. The molecule has 0 bridgehead atoms. The Morgan fingerprint density at radius 2 is 2.11 bits per heavy atom. The van der Waals surface area contributed by atoms with E-state index < -0.39 is 5.41 Å². The zero-order valence-electron chi connectivity index (χ0n) is 11.1. The van der Waals surface area contributed by atoms with Crippen LogP contribution in [-0.4, -0.2) is 10.5 Å². The second-order valence-electron chi connectivity index (χ2n) is 4.88. The molecule has 0 spiro atoms. The lowest BCUT2D eigenvalue weighted by Crippen LogP contribution is -2.28. The van der Waals surface area contributed by atoms with Gasteiger partial charge in [0.05, 0.1) is 11.0 Å². The Balaban J connectivity index is 2.86. The first-order valence-corrected chi connectivity index (χ1v) is 5.65. The molecular formula is C14H17NO3. The molecule has 4 nitrogen and oxygen atoms in total. The molecule has 0 fully saturated rings. The maximum absolute atomic E-state index is 11.9. The Bertz CT molecular complexity index is 553. The Morgan fingerprint density at radius 3 is 2.67 bits per heavy atom. The molecule has 0 saturated carbocycles. The van der Waals surface area contributed by atoms with Gasteiger partial charge in [0, 0.05) is 6.20 Å². The fourth-order valence-electron chi connectivity index (χ4n) is 1.21. The Labute approximate surface area is 107 Å². The van der Waals surface area contributed by atoms with Crippen molar-refractivity contribution in [3.63, 3.8) is 0 Å². The van der Waals surface area contributed by atoms with Crippen LogP contribution in [0.3, 0.4) is 0 Å². The highest BCUT2D eigenvalue weighted by atomic mass is 16.5. The first-order valence-electron chi connectivity index (χ1n) is 5.65. The molecule has 1 rings (SSSR count). The van der Waals surface area contributed by atoms with Gasteiger partial charge in [-0.25, -0.2) is 0 Å². The van der Waals surface area contributed by atoms with Crippen molar-refractivity contribution in [2.75, 3.05) is 0 Å². The first kappa shape index (κ1) is 14.0. The molecule has 1 aromatic rings. The molecule has 0 unspecified atom stereocenters. The summed E-state index contributed by atoms with van der Waals surface area (Å²) in [5, 5.41) is 0. The van der Waals surface area contributed by atoms with Gasteiger partial charge in [0.15, 0.2) is 6.73 Å². The number of nitrogens with zero attached hydrogens (tertiary/aromatic N) is 1. The van der Waals surface area contributed by atoms with E-state index in [1.165, 1.54) is 4.57 Å². The van der Waals surface area contributed by atoms with E-state index in [1.807, 2.05) is 0 Å². The van der Waals surface area contributed by atoms with Crippen LogP contribution in [-0.2, 0) is 16.3 Å². The largest absolute Gasteiger partial charge is 0.443 e. The van der Waals surface area contributed by atoms with Crippen LogP contribution in [0.25, 0.3) is 0 Å². The number of carbonyl (C=O) groups excluding carboxylic acids is 1. The molecular weight excluding hydrogens is 230 g/mol. The van der Waals surface area contributed by atoms with Gasteiger partial charge in [0.1, 0.15) is 0 Å². The number of hydrogen-bond acceptors (Lipinski definition) is 3. The minimum Gasteiger partial charge on any atom is -0.443 e. The summed E-state index contributed by atoms with van der Waals surface area (Å²) in [7, 11) is 0. The van der Waals surface area contributed by atoms with Crippen molar-refractivity contribution in [3.8, 4) is 11.8 Å². The van der Waals surface area contributed by atoms with Gasteiger partial charge in [0.25, 0.3) is 5.56 Å². The van der Waals surface area contributed by atoms with Gasteiger partial charge in [-0.1, -0.05) is 5.92 Å². The summed E-state index contributed by atoms with van der Waals surface area (Å²) in [6.07, 6.45) is 1.57. The quantitative estimate of drug-likeness (QED) is 0.591. The molecule has 1 aromatic heterocycles. The van der Waals surface area contributed by atoms with Gasteiger partial charge in [0.2, 0.25) is 0 Å². The van der Waals surface area contributed by atoms with E-state index in [0.717, 1.165) is 0 Å². The highest BCUT2D eigenvalue weighted by Gasteiger charge is 2.23. The smallest absolute Gasteiger partial charge is 0.312 e. The van der Waals surface area contributed by atoms with Crippen molar-refractivity contribution in [3.05, 3.63) is 34.2 Å². The third kappa shape index (κ3) is 3.49. The lowest BCUT2D eigenvalue weighted by molar-refractivity contribution is -0.157. The Hall–Kier alpha value is -2.02. The number of rotatable bonds is 2. The number of esters is 1. The van der Waals surface area contributed by atoms with E-state index in [9.17, 15) is 9.59 Å². The van der Waals surface area contributed by atoms with Crippen LogP contribution in [0.4, 0.5) is 0 Å². The molecule has 0 N–H and O–H groups in total. The second-order valence-corrected chi connectivity index (χ2v) is 4.88. The molecule has 18 heavy (non-hydrogen) atoms. The van der Waals surface area contributed by atoms with E-state index in [2.05, 4.69) is 11.8 Å². The van der Waals surface area contributed by atoms with E-state index in [1.54, 1.807) is 46.0 Å². The van der Waals surface area contributed by atoms with Crippen molar-refractivity contribution in [1.29, 1.82) is 0 Å². The van der Waals surface area contributed by atoms with Gasteiger partial charge < -0.3 is 4.74 Å². The predicted octanol–water partition coefficient (Wildman–Crippen LogP) is 1.77. The van der Waals surface area contributed by atoms with Crippen LogP contribution in [0, 0.1) is 17.3 Å². The molecule has 0 amide bonds. The lowest BCUT2D eigenvalue weighted by atomic mass is 9.98. The first-order chi connectivity index (χ1) is 8.36. The van der Waals surface area contributed by atoms with Crippen LogP contribution in [0.15, 0.2) is 23.1 Å². The molecule has 0 radical (unpaired) electrons. The molecule has 0 aliphatic heterocycles. The van der Waals surface area contributed by atoms with E-state index in [-0.39, 0.29) is 18.3 Å². The summed E-state index contributed by atoms with van der Waals surface area (Å²) in [5.41, 5.74) is -0.440. The average molecular weight is 247 g/mol. The third-order valence-electron chi connectivity index (χ3n) is 2.23. The molecule has 0 aliphatic carbocycles. The summed E-state index contributed by atoms with van der Waals surface area (Å²) >= 11 is 0. The molecule has 1 heterocycles. The minimum atomic E-state index is -0.579. The number of carbonyl (C=O) groups is 1. The van der Waals surface area contributed by atoms with Gasteiger partial charge in [-0.15, -0.1) is 5.92 Å². The normalized spacial score (nSPS) is 10.4. The highest BCUT2D eigenvalue weighted by Crippen LogP contribution is 2.15. The fourth-order valence-corrected chi connectivity index (χ4v) is 1.21. The van der Waals surface area contributed by atoms with E-state index in [4.69, 9.17) is 4.74 Å². The number of hydrogen-bond donors (Lipinski definition) is 0. The predicted molar refractivity (Wildman–Crippen MR) is 68.8 cm³/mol. The van der Waals surface area contributed by atoms with Gasteiger partial charge in [-0.05, 0) is 39.8 Å². The monoisotopic (exact) mass is 247 g/mol. The molecule has 0 atom stereocenters. The van der Waals surface area contributed by atoms with Crippen molar-refractivity contribution < 1.29 is 9.53 Å². The Morgan fingerprint density at radius 1 is 1.44 bits per heavy atom. The van der Waals surface area contributed by atoms with Crippen molar-refractivity contribution >= 4 is 5.97 Å². The zero-order chi connectivity index (χ0) is 13.8. The molecule has 4 heteroatoms. The fraction of sp³-hybridized carbons (Fsp3) is 0.429. The van der Waals surface area contributed by atoms with E-state index in [0.29, 0.717) is 5.56 Å². The number of ether oxygens (including phenoxy) is 1. The second kappa shape index (κ2) is 5.54. The van der Waals surface area contributed by atoms with Gasteiger partial charge in [-0.2, -0.15) is 0 Å². The maximum atomic E-state index is 11.9. The summed E-state index contributed by atoms with van der Waals surface area (Å²) in [4.78, 5) is 23.5. The SMILES string of the molecule is CC#Cc1cccn(COC(=O)C(C)(C)C)c1=O. The van der Waals surface area contributed by atoms with Crippen LogP contribution >= 0.6 is 0 Å². The summed E-state index contributed by atoms with van der Waals surface area (Å²) in [6.45, 7) is 6.86. The summed E-state index contributed by atoms with van der Waals surface area (Å²) in [6, 6.07) is 3.34. The molecule has 0 saturated heterocycles. The Kier molecular flexibility index (Phi) is 4.33. The van der Waals surface area contributed by atoms with Crippen LogP contribution < -0.4 is 5.56 Å². The van der Waals surface area contributed by atoms with Crippen LogP contribution in [0.5, 0.6) is 0 Å². The third-order valence-corrected chi connectivity index (χ3v) is 2.23. The van der Waals surface area contributed by atoms with Gasteiger partial charge in [-0.3, -0.25) is 14.2 Å². The van der Waals surface area contributed by atoms with Crippen molar-refractivity contribution in [2.24, 2.45) is 5.41 Å².